The lowest BCUT2D eigenvalue weighted by atomic mass is 9.81. The van der Waals surface area contributed by atoms with Crippen LogP contribution in [0.1, 0.15) is 19.3 Å². The molecule has 0 amide bonds. The van der Waals surface area contributed by atoms with Gasteiger partial charge in [0.25, 0.3) is 0 Å². The van der Waals surface area contributed by atoms with Gasteiger partial charge in [0.15, 0.2) is 0 Å². The summed E-state index contributed by atoms with van der Waals surface area (Å²) in [7, 11) is -1.23. The van der Waals surface area contributed by atoms with Crippen LogP contribution in [0.15, 0.2) is 11.5 Å². The summed E-state index contributed by atoms with van der Waals surface area (Å²) >= 11 is 0. The second-order valence-electron chi connectivity index (χ2n) is 2.09. The van der Waals surface area contributed by atoms with E-state index >= 15 is 0 Å². The minimum Gasteiger partial charge on any atom is -0.424 e. The normalized spacial score (nSPS) is 17.5. The summed E-state index contributed by atoms with van der Waals surface area (Å²) < 4.78 is 0. The van der Waals surface area contributed by atoms with Crippen molar-refractivity contribution in [1.82, 2.24) is 0 Å². The monoisotopic (exact) mass is 112 g/mol. The van der Waals surface area contributed by atoms with Crippen molar-refractivity contribution in [3.8, 4) is 0 Å². The number of hydrogen-bond acceptors (Lipinski definition) is 2. The van der Waals surface area contributed by atoms with E-state index in [1.54, 1.807) is 0 Å². The molecule has 0 saturated heterocycles. The van der Waals surface area contributed by atoms with Crippen LogP contribution < -0.4 is 0 Å². The fourth-order valence-electron chi connectivity index (χ4n) is 0.758. The molecular weight excluding hydrogens is 103 g/mol. The largest absolute Gasteiger partial charge is 0.480 e. The molecule has 1 saturated carbocycles. The van der Waals surface area contributed by atoms with Gasteiger partial charge in [0.05, 0.1) is 0 Å². The topological polar surface area (TPSA) is 40.5 Å². The van der Waals surface area contributed by atoms with Crippen LogP contribution in [0.5, 0.6) is 0 Å². The molecule has 0 unspecified atom stereocenters. The Morgan fingerprint density at radius 1 is 1.38 bits per heavy atom. The third-order valence-electron chi connectivity index (χ3n) is 1.38. The van der Waals surface area contributed by atoms with Crippen molar-refractivity contribution in [2.24, 2.45) is 0 Å². The van der Waals surface area contributed by atoms with E-state index in [0.29, 0.717) is 0 Å². The zero-order valence-electron chi connectivity index (χ0n) is 4.67. The molecule has 44 valence electrons. The summed E-state index contributed by atoms with van der Waals surface area (Å²) in [6.07, 6.45) is 3.31. The average molecular weight is 112 g/mol. The molecule has 8 heavy (non-hydrogen) atoms. The molecule has 0 bridgehead atoms. The molecule has 0 spiro atoms. The van der Waals surface area contributed by atoms with Gasteiger partial charge in [0.2, 0.25) is 0 Å². The van der Waals surface area contributed by atoms with Crippen molar-refractivity contribution < 1.29 is 10.0 Å². The minimum atomic E-state index is -1.23. The van der Waals surface area contributed by atoms with Gasteiger partial charge in [-0.25, -0.2) is 0 Å². The van der Waals surface area contributed by atoms with E-state index in [9.17, 15) is 0 Å². The molecule has 0 aromatic rings. The van der Waals surface area contributed by atoms with Gasteiger partial charge in [-0.15, -0.1) is 0 Å². The SMILES string of the molecule is OB(O)C=C1CCC1. The quantitative estimate of drug-likeness (QED) is 0.472. The van der Waals surface area contributed by atoms with Crippen LogP contribution in [0.2, 0.25) is 0 Å². The summed E-state index contributed by atoms with van der Waals surface area (Å²) in [6.45, 7) is 0. The molecule has 0 aromatic heterocycles. The highest BCUT2D eigenvalue weighted by Crippen LogP contribution is 2.24. The molecule has 2 nitrogen and oxygen atoms in total. The summed E-state index contributed by atoms with van der Waals surface area (Å²) in [6, 6.07) is 0. The third kappa shape index (κ3) is 1.35. The Morgan fingerprint density at radius 3 is 2.12 bits per heavy atom. The molecule has 0 radical (unpaired) electrons. The highest BCUT2D eigenvalue weighted by molar-refractivity contribution is 6.47. The van der Waals surface area contributed by atoms with Gasteiger partial charge >= 0.3 is 7.12 Å². The third-order valence-corrected chi connectivity index (χ3v) is 1.38. The molecule has 0 aliphatic heterocycles. The summed E-state index contributed by atoms with van der Waals surface area (Å²) in [4.78, 5) is 0. The maximum Gasteiger partial charge on any atom is 0.480 e. The van der Waals surface area contributed by atoms with Crippen LogP contribution in [0.25, 0.3) is 0 Å². The molecule has 3 heteroatoms. The lowest BCUT2D eigenvalue weighted by Crippen LogP contribution is -2.10. The number of allylic oxidation sites excluding steroid dienone is 1. The van der Waals surface area contributed by atoms with Gasteiger partial charge in [-0.2, -0.15) is 0 Å². The van der Waals surface area contributed by atoms with Gasteiger partial charge in [-0.3, -0.25) is 0 Å². The van der Waals surface area contributed by atoms with Gasteiger partial charge < -0.3 is 10.0 Å². The zero-order chi connectivity index (χ0) is 5.98. The van der Waals surface area contributed by atoms with Gasteiger partial charge in [-0.05, 0) is 19.3 Å². The predicted molar refractivity (Wildman–Crippen MR) is 32.1 cm³/mol. The maximum absolute atomic E-state index is 8.37. The van der Waals surface area contributed by atoms with Crippen LogP contribution in [0.3, 0.4) is 0 Å². The predicted octanol–water partition coefficient (Wildman–Crippen LogP) is 0.109. The van der Waals surface area contributed by atoms with Crippen molar-refractivity contribution in [2.75, 3.05) is 0 Å². The number of hydrogen-bond donors (Lipinski definition) is 2. The first kappa shape index (κ1) is 5.85. The van der Waals surface area contributed by atoms with E-state index in [4.69, 9.17) is 10.0 Å². The maximum atomic E-state index is 8.37. The Kier molecular flexibility index (Phi) is 1.71. The minimum absolute atomic E-state index is 1.05. The highest BCUT2D eigenvalue weighted by atomic mass is 16.4. The number of rotatable bonds is 1. The van der Waals surface area contributed by atoms with Crippen LogP contribution in [-0.2, 0) is 0 Å². The summed E-state index contributed by atoms with van der Waals surface area (Å²) in [5, 5.41) is 16.7. The summed E-state index contributed by atoms with van der Waals surface area (Å²) in [5.74, 6) is 1.50. The van der Waals surface area contributed by atoms with E-state index in [-0.39, 0.29) is 0 Å². The molecule has 0 atom stereocenters. The van der Waals surface area contributed by atoms with Crippen LogP contribution in [0, 0.1) is 0 Å². The molecule has 0 heterocycles. The van der Waals surface area contributed by atoms with E-state index in [1.807, 2.05) is 0 Å². The van der Waals surface area contributed by atoms with E-state index in [2.05, 4.69) is 0 Å². The Hall–Kier alpha value is -0.275. The van der Waals surface area contributed by atoms with Gasteiger partial charge in [0.1, 0.15) is 0 Å². The molecule has 1 aliphatic carbocycles. The van der Waals surface area contributed by atoms with Crippen LogP contribution in [0.4, 0.5) is 0 Å². The van der Waals surface area contributed by atoms with E-state index < -0.39 is 7.12 Å². The van der Waals surface area contributed by atoms with Gasteiger partial charge in [-0.1, -0.05) is 11.5 Å². The second-order valence-corrected chi connectivity index (χ2v) is 2.09. The lowest BCUT2D eigenvalue weighted by molar-refractivity contribution is 0.422. The van der Waals surface area contributed by atoms with Crippen LogP contribution >= 0.6 is 0 Å². The Bertz CT molecular complexity index is 103. The van der Waals surface area contributed by atoms with Gasteiger partial charge in [0, 0.05) is 0 Å². The van der Waals surface area contributed by atoms with Crippen molar-refractivity contribution in [3.63, 3.8) is 0 Å². The Balaban J connectivity index is 2.30. The van der Waals surface area contributed by atoms with E-state index in [1.165, 1.54) is 18.0 Å². The fraction of sp³-hybridized carbons (Fsp3) is 0.600. The first-order valence-corrected chi connectivity index (χ1v) is 2.85. The first-order chi connectivity index (χ1) is 3.79. The summed E-state index contributed by atoms with van der Waals surface area (Å²) in [5.41, 5.74) is 1.18. The Morgan fingerprint density at radius 2 is 2.00 bits per heavy atom. The average Bonchev–Trinajstić information content (AvgIpc) is 1.55. The van der Waals surface area contributed by atoms with Crippen molar-refractivity contribution >= 4 is 7.12 Å². The molecule has 1 rings (SSSR count). The molecule has 2 N–H and O–H groups in total. The molecule has 0 aromatic carbocycles. The standard InChI is InChI=1S/C5H9BO2/c7-6(8)4-5-2-1-3-5/h4,7-8H,1-3H2. The molecule has 1 fully saturated rings. The zero-order valence-corrected chi connectivity index (χ0v) is 4.67. The molecule has 1 aliphatic rings. The van der Waals surface area contributed by atoms with Crippen LogP contribution in [-0.4, -0.2) is 17.2 Å². The van der Waals surface area contributed by atoms with Crippen molar-refractivity contribution in [2.45, 2.75) is 19.3 Å². The van der Waals surface area contributed by atoms with Crippen molar-refractivity contribution in [1.29, 1.82) is 0 Å². The highest BCUT2D eigenvalue weighted by Gasteiger charge is 2.11. The first-order valence-electron chi connectivity index (χ1n) is 2.85. The fourth-order valence-corrected chi connectivity index (χ4v) is 0.758. The second kappa shape index (κ2) is 2.33. The lowest BCUT2D eigenvalue weighted by Gasteiger charge is -2.15. The van der Waals surface area contributed by atoms with E-state index in [0.717, 1.165) is 12.8 Å². The van der Waals surface area contributed by atoms with Crippen molar-refractivity contribution in [3.05, 3.63) is 11.5 Å². The Labute approximate surface area is 49.0 Å². The smallest absolute Gasteiger partial charge is 0.424 e. The molecular formula is C5H9BO2.